The van der Waals surface area contributed by atoms with Crippen LogP contribution < -0.4 is 10.6 Å². The van der Waals surface area contributed by atoms with Gasteiger partial charge in [-0.1, -0.05) is 30.3 Å². The van der Waals surface area contributed by atoms with Gasteiger partial charge < -0.3 is 10.6 Å². The van der Waals surface area contributed by atoms with E-state index in [1.807, 2.05) is 18.2 Å². The zero-order valence-electron chi connectivity index (χ0n) is 12.1. The summed E-state index contributed by atoms with van der Waals surface area (Å²) in [5.74, 6) is 0.525. The molecule has 1 aliphatic heterocycles. The smallest absolute Gasteiger partial charge is 0.220 e. The van der Waals surface area contributed by atoms with Gasteiger partial charge in [-0.2, -0.15) is 0 Å². The SMILES string of the molecule is Cl.O=C(CCC(=O)c1ccccc1)NCC1CCCNC1. The van der Waals surface area contributed by atoms with E-state index in [2.05, 4.69) is 10.6 Å². The predicted octanol–water partition coefficient (Wildman–Crippen LogP) is 2.19. The summed E-state index contributed by atoms with van der Waals surface area (Å²) in [6.45, 7) is 2.77. The van der Waals surface area contributed by atoms with Crippen LogP contribution >= 0.6 is 12.4 Å². The van der Waals surface area contributed by atoms with E-state index in [0.717, 1.165) is 19.5 Å². The maximum atomic E-state index is 11.9. The maximum Gasteiger partial charge on any atom is 0.220 e. The fourth-order valence-corrected chi connectivity index (χ4v) is 2.44. The second-order valence-electron chi connectivity index (χ2n) is 5.31. The average Bonchev–Trinajstić information content (AvgIpc) is 2.52. The van der Waals surface area contributed by atoms with Gasteiger partial charge in [0.2, 0.25) is 5.91 Å². The molecular formula is C16H23ClN2O2. The molecular weight excluding hydrogens is 288 g/mol. The highest BCUT2D eigenvalue weighted by molar-refractivity contribution is 5.97. The molecule has 1 fully saturated rings. The highest BCUT2D eigenvalue weighted by Crippen LogP contribution is 2.09. The molecule has 1 aromatic carbocycles. The van der Waals surface area contributed by atoms with E-state index in [1.54, 1.807) is 12.1 Å². The number of piperidine rings is 1. The Balaban J connectivity index is 0.00000220. The van der Waals surface area contributed by atoms with Crippen molar-refractivity contribution in [2.45, 2.75) is 25.7 Å². The Hall–Kier alpha value is -1.39. The number of benzene rings is 1. The number of halogens is 1. The summed E-state index contributed by atoms with van der Waals surface area (Å²) in [5.41, 5.74) is 0.678. The molecule has 0 aliphatic carbocycles. The lowest BCUT2D eigenvalue weighted by Crippen LogP contribution is -2.38. The minimum absolute atomic E-state index is 0. The van der Waals surface area contributed by atoms with E-state index >= 15 is 0 Å². The number of nitrogens with one attached hydrogen (secondary N) is 2. The Labute approximate surface area is 132 Å². The lowest BCUT2D eigenvalue weighted by atomic mass is 9.99. The summed E-state index contributed by atoms with van der Waals surface area (Å²) in [6.07, 6.45) is 2.88. The lowest BCUT2D eigenvalue weighted by Gasteiger charge is -2.22. The van der Waals surface area contributed by atoms with E-state index in [1.165, 1.54) is 6.42 Å². The molecule has 4 nitrogen and oxygen atoms in total. The van der Waals surface area contributed by atoms with Gasteiger partial charge in [0.1, 0.15) is 0 Å². The van der Waals surface area contributed by atoms with Crippen molar-refractivity contribution in [3.05, 3.63) is 35.9 Å². The van der Waals surface area contributed by atoms with Crippen molar-refractivity contribution in [1.82, 2.24) is 10.6 Å². The second-order valence-corrected chi connectivity index (χ2v) is 5.31. The van der Waals surface area contributed by atoms with Crippen molar-refractivity contribution < 1.29 is 9.59 Å². The molecule has 1 unspecified atom stereocenters. The number of carbonyl (C=O) groups excluding carboxylic acids is 2. The van der Waals surface area contributed by atoms with Crippen molar-refractivity contribution in [3.63, 3.8) is 0 Å². The van der Waals surface area contributed by atoms with E-state index in [4.69, 9.17) is 0 Å². The van der Waals surface area contributed by atoms with E-state index in [-0.39, 0.29) is 36.9 Å². The van der Waals surface area contributed by atoms with E-state index < -0.39 is 0 Å². The van der Waals surface area contributed by atoms with E-state index in [0.29, 0.717) is 18.0 Å². The van der Waals surface area contributed by atoms with Crippen LogP contribution in [0.4, 0.5) is 0 Å². The molecule has 0 spiro atoms. The number of Topliss-reactive ketones (excluding diaryl/α,β-unsaturated/α-hetero) is 1. The molecule has 5 heteroatoms. The molecule has 1 aromatic rings. The van der Waals surface area contributed by atoms with Gasteiger partial charge in [-0.05, 0) is 31.8 Å². The normalized spacial score (nSPS) is 17.6. The minimum atomic E-state index is -0.0279. The summed E-state index contributed by atoms with van der Waals surface area (Å²) in [4.78, 5) is 23.6. The first-order valence-corrected chi connectivity index (χ1v) is 7.31. The zero-order valence-corrected chi connectivity index (χ0v) is 13.0. The van der Waals surface area contributed by atoms with Gasteiger partial charge >= 0.3 is 0 Å². The first kappa shape index (κ1) is 17.7. The van der Waals surface area contributed by atoms with Gasteiger partial charge in [-0.15, -0.1) is 12.4 Å². The van der Waals surface area contributed by atoms with Gasteiger partial charge in [-0.25, -0.2) is 0 Å². The molecule has 1 saturated heterocycles. The molecule has 0 radical (unpaired) electrons. The fourth-order valence-electron chi connectivity index (χ4n) is 2.44. The van der Waals surface area contributed by atoms with Gasteiger partial charge in [0.05, 0.1) is 0 Å². The van der Waals surface area contributed by atoms with Crippen molar-refractivity contribution >= 4 is 24.1 Å². The van der Waals surface area contributed by atoms with E-state index in [9.17, 15) is 9.59 Å². The topological polar surface area (TPSA) is 58.2 Å². The Morgan fingerprint density at radius 1 is 1.19 bits per heavy atom. The maximum absolute atomic E-state index is 11.9. The van der Waals surface area contributed by atoms with Gasteiger partial charge in [0.25, 0.3) is 0 Å². The highest BCUT2D eigenvalue weighted by atomic mass is 35.5. The van der Waals surface area contributed by atoms with Crippen LogP contribution in [0.1, 0.15) is 36.0 Å². The average molecular weight is 311 g/mol. The van der Waals surface area contributed by atoms with Crippen LogP contribution in [0.25, 0.3) is 0 Å². The number of ketones is 1. The first-order valence-electron chi connectivity index (χ1n) is 7.31. The van der Waals surface area contributed by atoms with Crippen molar-refractivity contribution in [3.8, 4) is 0 Å². The molecule has 0 aromatic heterocycles. The summed E-state index contributed by atoms with van der Waals surface area (Å²) in [7, 11) is 0. The van der Waals surface area contributed by atoms with Crippen molar-refractivity contribution in [2.75, 3.05) is 19.6 Å². The largest absolute Gasteiger partial charge is 0.356 e. The lowest BCUT2D eigenvalue weighted by molar-refractivity contribution is -0.121. The molecule has 1 atom stereocenters. The number of amides is 1. The number of hydrogen-bond acceptors (Lipinski definition) is 3. The standard InChI is InChI=1S/C16H22N2O2.ClH/c19-15(14-6-2-1-3-7-14)8-9-16(20)18-12-13-5-4-10-17-11-13;/h1-3,6-7,13,17H,4-5,8-12H2,(H,18,20);1H. The molecule has 21 heavy (non-hydrogen) atoms. The molecule has 1 aliphatic rings. The molecule has 2 N–H and O–H groups in total. The monoisotopic (exact) mass is 310 g/mol. The van der Waals surface area contributed by atoms with Crippen LogP contribution in [0.5, 0.6) is 0 Å². The number of hydrogen-bond donors (Lipinski definition) is 2. The van der Waals surface area contributed by atoms with Crippen molar-refractivity contribution in [1.29, 1.82) is 0 Å². The number of rotatable bonds is 6. The highest BCUT2D eigenvalue weighted by Gasteiger charge is 2.14. The molecule has 1 heterocycles. The summed E-state index contributed by atoms with van der Waals surface area (Å²) < 4.78 is 0. The van der Waals surface area contributed by atoms with Crippen molar-refractivity contribution in [2.24, 2.45) is 5.92 Å². The predicted molar refractivity (Wildman–Crippen MR) is 85.9 cm³/mol. The van der Waals surface area contributed by atoms with Crippen LogP contribution in [0, 0.1) is 5.92 Å². The van der Waals surface area contributed by atoms with Crippen LogP contribution in [0.15, 0.2) is 30.3 Å². The third-order valence-corrected chi connectivity index (χ3v) is 3.66. The van der Waals surface area contributed by atoms with Gasteiger partial charge in [0.15, 0.2) is 5.78 Å². The van der Waals surface area contributed by atoms with Gasteiger partial charge in [0, 0.05) is 24.9 Å². The molecule has 2 rings (SSSR count). The van der Waals surface area contributed by atoms with Crippen LogP contribution in [-0.2, 0) is 4.79 Å². The summed E-state index contributed by atoms with van der Waals surface area (Å²) >= 11 is 0. The summed E-state index contributed by atoms with van der Waals surface area (Å²) in [5, 5.41) is 6.25. The van der Waals surface area contributed by atoms with Crippen LogP contribution in [0.3, 0.4) is 0 Å². The Morgan fingerprint density at radius 3 is 2.62 bits per heavy atom. The Morgan fingerprint density at radius 2 is 1.95 bits per heavy atom. The van der Waals surface area contributed by atoms with Gasteiger partial charge in [-0.3, -0.25) is 9.59 Å². The van der Waals surface area contributed by atoms with Crippen LogP contribution in [-0.4, -0.2) is 31.3 Å². The Kier molecular flexibility index (Phi) is 8.01. The second kappa shape index (κ2) is 9.53. The molecule has 0 bridgehead atoms. The Bertz CT molecular complexity index is 445. The first-order chi connectivity index (χ1) is 9.75. The number of carbonyl (C=O) groups is 2. The summed E-state index contributed by atoms with van der Waals surface area (Å²) in [6, 6.07) is 9.12. The zero-order chi connectivity index (χ0) is 14.2. The third-order valence-electron chi connectivity index (χ3n) is 3.66. The van der Waals surface area contributed by atoms with Crippen LogP contribution in [0.2, 0.25) is 0 Å². The quantitative estimate of drug-likeness (QED) is 0.792. The molecule has 1 amide bonds. The molecule has 116 valence electrons. The molecule has 0 saturated carbocycles. The third kappa shape index (κ3) is 6.27. The fraction of sp³-hybridized carbons (Fsp3) is 0.500. The minimum Gasteiger partial charge on any atom is -0.356 e.